The van der Waals surface area contributed by atoms with Gasteiger partial charge in [-0.2, -0.15) is 0 Å². The molecule has 0 saturated carbocycles. The zero-order valence-electron chi connectivity index (χ0n) is 6.43. The van der Waals surface area contributed by atoms with Crippen LogP contribution in [0.5, 0.6) is 0 Å². The number of β-lactam (4-membered cyclic amide) rings is 1. The number of hydrogen-bond acceptors (Lipinski definition) is 4. The normalized spacial score (nSPS) is 34.2. The molecule has 5 nitrogen and oxygen atoms in total. The molecule has 0 aromatic rings. The number of nitrogens with two attached hydrogens (primary N) is 1. The third kappa shape index (κ3) is 1.02. The van der Waals surface area contributed by atoms with E-state index in [0.717, 1.165) is 0 Å². The van der Waals surface area contributed by atoms with E-state index in [1.165, 1.54) is 0 Å². The molecule has 1 amide bonds. The minimum atomic E-state index is -2.83. The summed E-state index contributed by atoms with van der Waals surface area (Å²) >= 11 is 0. The van der Waals surface area contributed by atoms with Gasteiger partial charge < -0.3 is 10.6 Å². The number of carbonyl (C=O) groups excluding carboxylic acids is 1. The number of hydrogen-bond donors (Lipinski definition) is 1. The van der Waals surface area contributed by atoms with Crippen LogP contribution in [0.25, 0.3) is 0 Å². The molecule has 0 aromatic heterocycles. The Bertz CT molecular complexity index is 312. The van der Waals surface area contributed by atoms with Crippen LogP contribution in [-0.2, 0) is 14.6 Å². The van der Waals surface area contributed by atoms with Crippen molar-refractivity contribution in [3.63, 3.8) is 0 Å². The van der Waals surface area contributed by atoms with Crippen LogP contribution >= 0.6 is 0 Å². The Morgan fingerprint density at radius 2 is 2.00 bits per heavy atom. The average molecular weight is 190 g/mol. The van der Waals surface area contributed by atoms with Crippen molar-refractivity contribution in [1.82, 2.24) is 4.90 Å². The second kappa shape index (κ2) is 2.20. The zero-order valence-corrected chi connectivity index (χ0v) is 7.25. The predicted octanol–water partition coefficient (Wildman–Crippen LogP) is -2.05. The summed E-state index contributed by atoms with van der Waals surface area (Å²) in [5.74, 6) is 0.117. The molecule has 2 aliphatic heterocycles. The molecule has 0 radical (unpaired) electrons. The first-order valence-corrected chi connectivity index (χ1v) is 5.58. The first kappa shape index (κ1) is 8.00. The second-order valence-corrected chi connectivity index (χ2v) is 5.48. The van der Waals surface area contributed by atoms with Crippen molar-refractivity contribution in [2.75, 3.05) is 18.1 Å². The van der Waals surface area contributed by atoms with Crippen molar-refractivity contribution in [3.05, 3.63) is 0 Å². The summed E-state index contributed by atoms with van der Waals surface area (Å²) in [5, 5.41) is 0. The topological polar surface area (TPSA) is 80.5 Å². The number of nitrogens with zero attached hydrogens (tertiary/aromatic N) is 1. The van der Waals surface area contributed by atoms with Crippen LogP contribution in [0, 0.1) is 0 Å². The Morgan fingerprint density at radius 1 is 1.42 bits per heavy atom. The van der Waals surface area contributed by atoms with E-state index in [9.17, 15) is 13.2 Å². The lowest BCUT2D eigenvalue weighted by Gasteiger charge is -2.45. The van der Waals surface area contributed by atoms with Gasteiger partial charge in [0.2, 0.25) is 5.91 Å². The van der Waals surface area contributed by atoms with Crippen LogP contribution in [0.1, 0.15) is 0 Å². The molecule has 2 aliphatic rings. The fourth-order valence-corrected chi connectivity index (χ4v) is 2.96. The standard InChI is InChI=1S/C6H10N2O3S/c7-5-1-8(6(5)9)4-2-12(10,11)3-4/h4-5H,1-3,7H2. The first-order valence-electron chi connectivity index (χ1n) is 3.76. The van der Waals surface area contributed by atoms with E-state index in [2.05, 4.69) is 0 Å². The third-order valence-corrected chi connectivity index (χ3v) is 4.11. The Hall–Kier alpha value is -0.620. The molecule has 0 aromatic carbocycles. The lowest BCUT2D eigenvalue weighted by molar-refractivity contribution is -0.144. The molecular formula is C6H10N2O3S. The highest BCUT2D eigenvalue weighted by Gasteiger charge is 2.46. The summed E-state index contributed by atoms with van der Waals surface area (Å²) in [5.41, 5.74) is 5.36. The minimum absolute atomic E-state index is 0.0951. The van der Waals surface area contributed by atoms with Crippen LogP contribution in [0.3, 0.4) is 0 Å². The fourth-order valence-electron chi connectivity index (χ4n) is 1.53. The minimum Gasteiger partial charge on any atom is -0.334 e. The Kier molecular flexibility index (Phi) is 1.47. The molecule has 0 aliphatic carbocycles. The van der Waals surface area contributed by atoms with E-state index in [-0.39, 0.29) is 23.5 Å². The van der Waals surface area contributed by atoms with Crippen LogP contribution in [0.2, 0.25) is 0 Å². The van der Waals surface area contributed by atoms with E-state index in [0.29, 0.717) is 6.54 Å². The molecule has 6 heteroatoms. The quantitative estimate of drug-likeness (QED) is 0.483. The molecule has 2 heterocycles. The van der Waals surface area contributed by atoms with Gasteiger partial charge in [-0.15, -0.1) is 0 Å². The molecule has 2 saturated heterocycles. The molecule has 0 spiro atoms. The number of carbonyl (C=O) groups is 1. The second-order valence-electron chi connectivity index (χ2n) is 3.33. The Morgan fingerprint density at radius 3 is 2.33 bits per heavy atom. The van der Waals surface area contributed by atoms with Crippen molar-refractivity contribution in [3.8, 4) is 0 Å². The molecule has 1 unspecified atom stereocenters. The van der Waals surface area contributed by atoms with Gasteiger partial charge in [-0.1, -0.05) is 0 Å². The van der Waals surface area contributed by atoms with Crippen LogP contribution < -0.4 is 5.73 Å². The van der Waals surface area contributed by atoms with Crippen molar-refractivity contribution in [2.24, 2.45) is 5.73 Å². The summed E-state index contributed by atoms with van der Waals surface area (Å²) in [6.45, 7) is 0.513. The summed E-state index contributed by atoms with van der Waals surface area (Å²) in [4.78, 5) is 12.6. The molecule has 1 atom stereocenters. The van der Waals surface area contributed by atoms with E-state index in [1.54, 1.807) is 4.90 Å². The summed E-state index contributed by atoms with van der Waals surface area (Å²) in [6.07, 6.45) is 0. The van der Waals surface area contributed by atoms with Gasteiger partial charge in [-0.05, 0) is 0 Å². The fraction of sp³-hybridized carbons (Fsp3) is 0.833. The van der Waals surface area contributed by atoms with Crippen molar-refractivity contribution >= 4 is 15.7 Å². The molecule has 2 fully saturated rings. The van der Waals surface area contributed by atoms with Crippen LogP contribution in [-0.4, -0.2) is 49.4 Å². The van der Waals surface area contributed by atoms with Gasteiger partial charge >= 0.3 is 0 Å². The van der Waals surface area contributed by atoms with Gasteiger partial charge in [0.15, 0.2) is 9.84 Å². The molecule has 2 rings (SSSR count). The monoisotopic (exact) mass is 190 g/mol. The number of sulfone groups is 1. The van der Waals surface area contributed by atoms with Gasteiger partial charge in [0, 0.05) is 6.54 Å². The smallest absolute Gasteiger partial charge is 0.241 e. The van der Waals surface area contributed by atoms with E-state index in [1.807, 2.05) is 0 Å². The number of amides is 1. The zero-order chi connectivity index (χ0) is 8.93. The largest absolute Gasteiger partial charge is 0.334 e. The van der Waals surface area contributed by atoms with Gasteiger partial charge in [0.1, 0.15) is 6.04 Å². The predicted molar refractivity (Wildman–Crippen MR) is 42.1 cm³/mol. The van der Waals surface area contributed by atoms with E-state index >= 15 is 0 Å². The lowest BCUT2D eigenvalue weighted by atomic mass is 10.1. The summed E-state index contributed by atoms with van der Waals surface area (Å²) < 4.78 is 21.5. The molecular weight excluding hydrogens is 180 g/mol. The molecule has 12 heavy (non-hydrogen) atoms. The van der Waals surface area contributed by atoms with E-state index in [4.69, 9.17) is 5.73 Å². The summed E-state index contributed by atoms with van der Waals surface area (Å²) in [7, 11) is -2.83. The van der Waals surface area contributed by atoms with Gasteiger partial charge in [0.25, 0.3) is 0 Å². The Labute approximate surface area is 70.4 Å². The van der Waals surface area contributed by atoms with Crippen molar-refractivity contribution in [2.45, 2.75) is 12.1 Å². The lowest BCUT2D eigenvalue weighted by Crippen LogP contribution is -2.69. The highest BCUT2D eigenvalue weighted by molar-refractivity contribution is 7.92. The van der Waals surface area contributed by atoms with E-state index < -0.39 is 15.9 Å². The van der Waals surface area contributed by atoms with Crippen molar-refractivity contribution in [1.29, 1.82) is 0 Å². The SMILES string of the molecule is NC1CN(C2CS(=O)(=O)C2)C1=O. The van der Waals surface area contributed by atoms with Gasteiger partial charge in [-0.25, -0.2) is 8.42 Å². The average Bonchev–Trinajstić information content (AvgIpc) is 1.94. The molecule has 2 N–H and O–H groups in total. The Balaban J connectivity index is 1.95. The number of likely N-dealkylation sites (tertiary alicyclic amines) is 1. The highest BCUT2D eigenvalue weighted by atomic mass is 32.2. The first-order chi connectivity index (χ1) is 5.49. The molecule has 68 valence electrons. The highest BCUT2D eigenvalue weighted by Crippen LogP contribution is 2.22. The van der Waals surface area contributed by atoms with Crippen molar-refractivity contribution < 1.29 is 13.2 Å². The van der Waals surface area contributed by atoms with Crippen LogP contribution in [0.15, 0.2) is 0 Å². The summed E-state index contributed by atoms with van der Waals surface area (Å²) in [6, 6.07) is -0.490. The van der Waals surface area contributed by atoms with Gasteiger partial charge in [0.05, 0.1) is 17.5 Å². The molecule has 0 bridgehead atoms. The maximum Gasteiger partial charge on any atom is 0.241 e. The third-order valence-electron chi connectivity index (χ3n) is 2.33. The maximum absolute atomic E-state index is 11.0. The number of rotatable bonds is 1. The van der Waals surface area contributed by atoms with Crippen LogP contribution in [0.4, 0.5) is 0 Å². The van der Waals surface area contributed by atoms with Gasteiger partial charge in [-0.3, -0.25) is 4.79 Å². The maximum atomic E-state index is 11.0.